The highest BCUT2D eigenvalue weighted by atomic mass is 16.6. The number of nitrogens with zero attached hydrogens (tertiary/aromatic N) is 1. The lowest BCUT2D eigenvalue weighted by molar-refractivity contribution is -0.422. The van der Waals surface area contributed by atoms with Gasteiger partial charge in [0.1, 0.15) is 0 Å². The zero-order valence-corrected chi connectivity index (χ0v) is 11.0. The number of fused-ring (bicyclic) bond motifs is 3. The summed E-state index contributed by atoms with van der Waals surface area (Å²) in [7, 11) is 0. The van der Waals surface area contributed by atoms with E-state index in [1.807, 2.05) is 42.5 Å². The summed E-state index contributed by atoms with van der Waals surface area (Å²) in [6.07, 6.45) is 1.63. The lowest BCUT2D eigenvalue weighted by Crippen LogP contribution is -1.93. The number of hydrogen-bond acceptors (Lipinski definition) is 2. The third kappa shape index (κ3) is 2.03. The average molecular weight is 263 g/mol. The Hall–Kier alpha value is -2.68. The Labute approximate surface area is 116 Å². The second-order valence-corrected chi connectivity index (χ2v) is 4.78. The van der Waals surface area contributed by atoms with E-state index in [1.54, 1.807) is 6.08 Å². The standard InChI is InChI=1S/C17H13NO2/c1-12(18(19)20)10-14-11-13-6-2-3-7-15(13)17-9-5-4-8-16(14)17/h2-11H,1H3. The Kier molecular flexibility index (Phi) is 2.95. The van der Waals surface area contributed by atoms with Crippen LogP contribution in [0.4, 0.5) is 0 Å². The van der Waals surface area contributed by atoms with Crippen LogP contribution in [0.5, 0.6) is 0 Å². The van der Waals surface area contributed by atoms with E-state index in [2.05, 4.69) is 12.1 Å². The minimum atomic E-state index is -0.357. The summed E-state index contributed by atoms with van der Waals surface area (Å²) in [4.78, 5) is 10.5. The summed E-state index contributed by atoms with van der Waals surface area (Å²) < 4.78 is 0. The van der Waals surface area contributed by atoms with Crippen LogP contribution in [0.2, 0.25) is 0 Å². The minimum absolute atomic E-state index is 0.144. The van der Waals surface area contributed by atoms with Gasteiger partial charge in [-0.05, 0) is 33.2 Å². The van der Waals surface area contributed by atoms with E-state index in [1.165, 1.54) is 12.3 Å². The second kappa shape index (κ2) is 4.78. The maximum absolute atomic E-state index is 10.8. The molecule has 0 atom stereocenters. The Morgan fingerprint density at radius 3 is 2.30 bits per heavy atom. The summed E-state index contributed by atoms with van der Waals surface area (Å²) in [5, 5.41) is 15.3. The molecule has 3 heteroatoms. The van der Waals surface area contributed by atoms with Gasteiger partial charge in [0.25, 0.3) is 0 Å². The van der Waals surface area contributed by atoms with Gasteiger partial charge in [-0.25, -0.2) is 0 Å². The highest BCUT2D eigenvalue weighted by molar-refractivity contribution is 6.10. The Morgan fingerprint density at radius 1 is 1.00 bits per heavy atom. The van der Waals surface area contributed by atoms with Crippen molar-refractivity contribution in [1.29, 1.82) is 0 Å². The van der Waals surface area contributed by atoms with Crippen LogP contribution in [0.3, 0.4) is 0 Å². The summed E-state index contributed by atoms with van der Waals surface area (Å²) in [5.41, 5.74) is 1.03. The molecule has 0 saturated carbocycles. The predicted octanol–water partition coefficient (Wildman–Crippen LogP) is 4.63. The van der Waals surface area contributed by atoms with E-state index >= 15 is 0 Å². The SMILES string of the molecule is CC(=Cc1cc2ccccc2c2ccccc12)[N+](=O)[O-]. The summed E-state index contributed by atoms with van der Waals surface area (Å²) in [5.74, 6) is 0. The third-order valence-corrected chi connectivity index (χ3v) is 3.45. The van der Waals surface area contributed by atoms with Crippen molar-refractivity contribution >= 4 is 27.6 Å². The van der Waals surface area contributed by atoms with E-state index in [4.69, 9.17) is 0 Å². The van der Waals surface area contributed by atoms with Crippen molar-refractivity contribution in [2.75, 3.05) is 0 Å². The number of hydrogen-bond donors (Lipinski definition) is 0. The van der Waals surface area contributed by atoms with Gasteiger partial charge in [-0.2, -0.15) is 0 Å². The molecule has 3 aromatic carbocycles. The first kappa shape index (κ1) is 12.4. The Morgan fingerprint density at radius 2 is 1.60 bits per heavy atom. The van der Waals surface area contributed by atoms with Gasteiger partial charge in [0, 0.05) is 13.0 Å². The van der Waals surface area contributed by atoms with Gasteiger partial charge in [-0.1, -0.05) is 48.5 Å². The molecular formula is C17H13NO2. The van der Waals surface area contributed by atoms with Crippen LogP contribution in [0, 0.1) is 10.1 Å². The van der Waals surface area contributed by atoms with Gasteiger partial charge in [-0.3, -0.25) is 10.1 Å². The molecule has 0 aliphatic carbocycles. The fraction of sp³-hybridized carbons (Fsp3) is 0.0588. The smallest absolute Gasteiger partial charge is 0.243 e. The normalized spacial score (nSPS) is 11.9. The van der Waals surface area contributed by atoms with Crippen LogP contribution >= 0.6 is 0 Å². The van der Waals surface area contributed by atoms with Crippen molar-refractivity contribution in [3.05, 3.63) is 76.0 Å². The molecule has 0 saturated heterocycles. The van der Waals surface area contributed by atoms with Gasteiger partial charge in [-0.15, -0.1) is 0 Å². The number of allylic oxidation sites excluding steroid dienone is 1. The first-order chi connectivity index (χ1) is 9.66. The van der Waals surface area contributed by atoms with E-state index in [0.717, 1.165) is 21.7 Å². The lowest BCUT2D eigenvalue weighted by atomic mass is 9.97. The Balaban J connectivity index is 2.41. The fourth-order valence-corrected chi connectivity index (χ4v) is 2.48. The lowest BCUT2D eigenvalue weighted by Gasteiger charge is -2.07. The van der Waals surface area contributed by atoms with Crippen LogP contribution in [0.15, 0.2) is 60.3 Å². The van der Waals surface area contributed by atoms with Gasteiger partial charge in [0.05, 0.1) is 4.92 Å². The summed E-state index contributed by atoms with van der Waals surface area (Å²) >= 11 is 0. The van der Waals surface area contributed by atoms with Gasteiger partial charge in [0.15, 0.2) is 0 Å². The summed E-state index contributed by atoms with van der Waals surface area (Å²) in [6.45, 7) is 1.52. The minimum Gasteiger partial charge on any atom is -0.259 e. The average Bonchev–Trinajstić information content (AvgIpc) is 2.47. The molecule has 3 aromatic rings. The topological polar surface area (TPSA) is 43.1 Å². The molecule has 0 heterocycles. The third-order valence-electron chi connectivity index (χ3n) is 3.45. The van der Waals surface area contributed by atoms with Crippen LogP contribution < -0.4 is 0 Å². The molecule has 3 nitrogen and oxygen atoms in total. The molecule has 0 radical (unpaired) electrons. The van der Waals surface area contributed by atoms with Crippen LogP contribution in [0.25, 0.3) is 27.6 Å². The predicted molar refractivity (Wildman–Crippen MR) is 82.1 cm³/mol. The van der Waals surface area contributed by atoms with Crippen LogP contribution in [-0.4, -0.2) is 4.92 Å². The van der Waals surface area contributed by atoms with E-state index in [-0.39, 0.29) is 10.6 Å². The molecule has 0 bridgehead atoms. The molecule has 0 amide bonds. The van der Waals surface area contributed by atoms with Crippen molar-refractivity contribution in [3.8, 4) is 0 Å². The van der Waals surface area contributed by atoms with Crippen molar-refractivity contribution < 1.29 is 4.92 Å². The highest BCUT2D eigenvalue weighted by Gasteiger charge is 2.08. The summed E-state index contributed by atoms with van der Waals surface area (Å²) in [6, 6.07) is 18.1. The van der Waals surface area contributed by atoms with Crippen LogP contribution in [0.1, 0.15) is 12.5 Å². The molecule has 0 aliphatic rings. The van der Waals surface area contributed by atoms with E-state index in [9.17, 15) is 10.1 Å². The molecule has 0 aromatic heterocycles. The molecular weight excluding hydrogens is 250 g/mol. The molecule has 0 aliphatic heterocycles. The molecule has 0 spiro atoms. The highest BCUT2D eigenvalue weighted by Crippen LogP contribution is 2.29. The zero-order valence-electron chi connectivity index (χ0n) is 11.0. The number of nitro groups is 1. The molecule has 3 rings (SSSR count). The monoisotopic (exact) mass is 263 g/mol. The first-order valence-corrected chi connectivity index (χ1v) is 6.40. The van der Waals surface area contributed by atoms with Gasteiger partial charge < -0.3 is 0 Å². The molecule has 0 N–H and O–H groups in total. The molecule has 98 valence electrons. The molecule has 0 unspecified atom stereocenters. The first-order valence-electron chi connectivity index (χ1n) is 6.40. The fourth-order valence-electron chi connectivity index (χ4n) is 2.48. The zero-order chi connectivity index (χ0) is 14.1. The number of benzene rings is 3. The quantitative estimate of drug-likeness (QED) is 0.384. The van der Waals surface area contributed by atoms with E-state index in [0.29, 0.717) is 0 Å². The van der Waals surface area contributed by atoms with Crippen molar-refractivity contribution in [2.45, 2.75) is 6.92 Å². The molecule has 20 heavy (non-hydrogen) atoms. The van der Waals surface area contributed by atoms with Gasteiger partial charge in [0.2, 0.25) is 5.70 Å². The van der Waals surface area contributed by atoms with Crippen LogP contribution in [-0.2, 0) is 0 Å². The van der Waals surface area contributed by atoms with Gasteiger partial charge >= 0.3 is 0 Å². The second-order valence-electron chi connectivity index (χ2n) is 4.78. The van der Waals surface area contributed by atoms with E-state index < -0.39 is 0 Å². The van der Waals surface area contributed by atoms with Crippen molar-refractivity contribution in [3.63, 3.8) is 0 Å². The molecule has 0 fully saturated rings. The van der Waals surface area contributed by atoms with Crippen molar-refractivity contribution in [2.24, 2.45) is 0 Å². The van der Waals surface area contributed by atoms with Crippen molar-refractivity contribution in [1.82, 2.24) is 0 Å². The maximum Gasteiger partial charge on any atom is 0.243 e. The Bertz CT molecular complexity index is 850. The largest absolute Gasteiger partial charge is 0.259 e. The maximum atomic E-state index is 10.8. The number of rotatable bonds is 2.